The molecule has 86 valence electrons. The van der Waals surface area contributed by atoms with Crippen LogP contribution in [0.3, 0.4) is 0 Å². The molecule has 0 spiro atoms. The SMILES string of the molecule is CC.CC/C(=C/NC)C1=CCCCC=C1. The fraction of sp³-hybridized carbons (Fsp3) is 0.571. The van der Waals surface area contributed by atoms with Gasteiger partial charge in [-0.3, -0.25) is 0 Å². The van der Waals surface area contributed by atoms with Gasteiger partial charge in [0.1, 0.15) is 0 Å². The second kappa shape index (κ2) is 9.57. The standard InChI is InChI=1S/C12H19N.C2H6/c1-3-11(10-13-2)12-8-6-4-5-7-9-12;1-2/h6,8-10,13H,3-5,7H2,1-2H3;1-2H3/b11-10-;. The van der Waals surface area contributed by atoms with Crippen molar-refractivity contribution in [3.05, 3.63) is 35.6 Å². The van der Waals surface area contributed by atoms with Gasteiger partial charge in [-0.25, -0.2) is 0 Å². The van der Waals surface area contributed by atoms with Crippen LogP contribution in [0.15, 0.2) is 35.6 Å². The minimum atomic E-state index is 1.09. The van der Waals surface area contributed by atoms with Gasteiger partial charge in [-0.05, 0) is 43.0 Å². The molecule has 0 saturated heterocycles. The summed E-state index contributed by atoms with van der Waals surface area (Å²) in [6.07, 6.45) is 13.8. The maximum absolute atomic E-state index is 3.10. The van der Waals surface area contributed by atoms with Crippen molar-refractivity contribution >= 4 is 0 Å². The third-order valence-corrected chi connectivity index (χ3v) is 2.31. The van der Waals surface area contributed by atoms with Crippen LogP contribution < -0.4 is 5.32 Å². The van der Waals surface area contributed by atoms with Crippen LogP contribution in [0.1, 0.15) is 46.5 Å². The van der Waals surface area contributed by atoms with Crippen LogP contribution in [-0.4, -0.2) is 7.05 Å². The van der Waals surface area contributed by atoms with Crippen LogP contribution in [0.4, 0.5) is 0 Å². The van der Waals surface area contributed by atoms with E-state index in [0.717, 1.165) is 6.42 Å². The molecule has 0 aromatic heterocycles. The van der Waals surface area contributed by atoms with E-state index in [1.165, 1.54) is 30.4 Å². The van der Waals surface area contributed by atoms with E-state index in [2.05, 4.69) is 36.7 Å². The maximum atomic E-state index is 3.10. The van der Waals surface area contributed by atoms with Crippen molar-refractivity contribution in [1.29, 1.82) is 0 Å². The fourth-order valence-corrected chi connectivity index (χ4v) is 1.57. The van der Waals surface area contributed by atoms with Crippen LogP contribution >= 0.6 is 0 Å². The number of hydrogen-bond acceptors (Lipinski definition) is 1. The molecule has 0 radical (unpaired) electrons. The van der Waals surface area contributed by atoms with E-state index in [1.54, 1.807) is 0 Å². The normalized spacial score (nSPS) is 16.0. The Morgan fingerprint density at radius 1 is 1.40 bits per heavy atom. The first-order valence-electron chi connectivity index (χ1n) is 6.12. The molecule has 0 aromatic rings. The molecule has 0 unspecified atom stereocenters. The smallest absolute Gasteiger partial charge is 0.00278 e. The highest BCUT2D eigenvalue weighted by Gasteiger charge is 2.00. The highest BCUT2D eigenvalue weighted by atomic mass is 14.8. The van der Waals surface area contributed by atoms with Gasteiger partial charge in [-0.1, -0.05) is 39.0 Å². The number of hydrogen-bond donors (Lipinski definition) is 1. The molecule has 0 bridgehead atoms. The van der Waals surface area contributed by atoms with Gasteiger partial charge >= 0.3 is 0 Å². The van der Waals surface area contributed by atoms with Crippen LogP contribution in [-0.2, 0) is 0 Å². The quantitative estimate of drug-likeness (QED) is 0.731. The molecule has 15 heavy (non-hydrogen) atoms. The van der Waals surface area contributed by atoms with Gasteiger partial charge in [0.2, 0.25) is 0 Å². The molecule has 0 aromatic carbocycles. The molecular formula is C14H25N. The minimum Gasteiger partial charge on any atom is -0.394 e. The molecule has 1 nitrogen and oxygen atoms in total. The third-order valence-electron chi connectivity index (χ3n) is 2.31. The van der Waals surface area contributed by atoms with Crippen molar-refractivity contribution in [2.75, 3.05) is 7.05 Å². The largest absolute Gasteiger partial charge is 0.394 e. The number of rotatable bonds is 3. The molecule has 0 fully saturated rings. The Morgan fingerprint density at radius 3 is 2.73 bits per heavy atom. The highest BCUT2D eigenvalue weighted by molar-refractivity contribution is 5.39. The Labute approximate surface area is 95.0 Å². The zero-order chi connectivity index (χ0) is 11.5. The Morgan fingerprint density at radius 2 is 2.13 bits per heavy atom. The van der Waals surface area contributed by atoms with Crippen LogP contribution in [0.5, 0.6) is 0 Å². The summed E-state index contributed by atoms with van der Waals surface area (Å²) in [5.41, 5.74) is 2.80. The lowest BCUT2D eigenvalue weighted by Crippen LogP contribution is -1.97. The summed E-state index contributed by atoms with van der Waals surface area (Å²) in [5, 5.41) is 3.10. The van der Waals surface area contributed by atoms with Gasteiger partial charge in [0, 0.05) is 7.05 Å². The third kappa shape index (κ3) is 5.46. The molecule has 0 amide bonds. The lowest BCUT2D eigenvalue weighted by Gasteiger charge is -2.05. The summed E-state index contributed by atoms with van der Waals surface area (Å²) < 4.78 is 0. The van der Waals surface area contributed by atoms with Gasteiger partial charge in [-0.15, -0.1) is 0 Å². The Balaban J connectivity index is 0.000000921. The van der Waals surface area contributed by atoms with Crippen molar-refractivity contribution in [3.8, 4) is 0 Å². The van der Waals surface area contributed by atoms with Gasteiger partial charge < -0.3 is 5.32 Å². The Kier molecular flexibility index (Phi) is 8.95. The zero-order valence-electron chi connectivity index (χ0n) is 10.6. The Bertz CT molecular complexity index is 234. The van der Waals surface area contributed by atoms with Gasteiger partial charge in [0.15, 0.2) is 0 Å². The van der Waals surface area contributed by atoms with Crippen LogP contribution in [0, 0.1) is 0 Å². The average molecular weight is 207 g/mol. The predicted molar refractivity (Wildman–Crippen MR) is 69.9 cm³/mol. The molecular weight excluding hydrogens is 182 g/mol. The minimum absolute atomic E-state index is 1.09. The predicted octanol–water partition coefficient (Wildman–Crippen LogP) is 4.19. The first-order valence-corrected chi connectivity index (χ1v) is 6.12. The molecule has 0 atom stereocenters. The molecule has 1 aliphatic carbocycles. The second-order valence-electron chi connectivity index (χ2n) is 3.30. The summed E-state index contributed by atoms with van der Waals surface area (Å²) in [7, 11) is 1.95. The molecule has 1 rings (SSSR count). The summed E-state index contributed by atoms with van der Waals surface area (Å²) in [4.78, 5) is 0. The molecule has 0 aliphatic heterocycles. The topological polar surface area (TPSA) is 12.0 Å². The van der Waals surface area contributed by atoms with Crippen molar-refractivity contribution in [2.45, 2.75) is 46.5 Å². The van der Waals surface area contributed by atoms with E-state index in [1.807, 2.05) is 20.9 Å². The van der Waals surface area contributed by atoms with E-state index < -0.39 is 0 Å². The molecule has 1 N–H and O–H groups in total. The lowest BCUT2D eigenvalue weighted by molar-refractivity contribution is 0.874. The van der Waals surface area contributed by atoms with Gasteiger partial charge in [0.05, 0.1) is 0 Å². The van der Waals surface area contributed by atoms with Gasteiger partial charge in [0.25, 0.3) is 0 Å². The van der Waals surface area contributed by atoms with Crippen molar-refractivity contribution in [1.82, 2.24) is 5.32 Å². The summed E-state index contributed by atoms with van der Waals surface area (Å²) in [6.45, 7) is 6.20. The molecule has 1 heteroatoms. The van der Waals surface area contributed by atoms with Crippen LogP contribution in [0.25, 0.3) is 0 Å². The first kappa shape index (κ1) is 14.0. The van der Waals surface area contributed by atoms with E-state index in [-0.39, 0.29) is 0 Å². The van der Waals surface area contributed by atoms with Crippen molar-refractivity contribution in [3.63, 3.8) is 0 Å². The van der Waals surface area contributed by atoms with Crippen LogP contribution in [0.2, 0.25) is 0 Å². The lowest BCUT2D eigenvalue weighted by atomic mass is 10.0. The van der Waals surface area contributed by atoms with E-state index in [0.29, 0.717) is 0 Å². The maximum Gasteiger partial charge on any atom is 0.00278 e. The monoisotopic (exact) mass is 207 g/mol. The van der Waals surface area contributed by atoms with Crippen molar-refractivity contribution in [2.24, 2.45) is 0 Å². The first-order chi connectivity index (χ1) is 7.38. The molecule has 0 heterocycles. The highest BCUT2D eigenvalue weighted by Crippen LogP contribution is 2.19. The van der Waals surface area contributed by atoms with Gasteiger partial charge in [-0.2, -0.15) is 0 Å². The number of allylic oxidation sites excluding steroid dienone is 5. The van der Waals surface area contributed by atoms with E-state index in [4.69, 9.17) is 0 Å². The molecule has 0 saturated carbocycles. The summed E-state index contributed by atoms with van der Waals surface area (Å²) >= 11 is 0. The fourth-order valence-electron chi connectivity index (χ4n) is 1.57. The summed E-state index contributed by atoms with van der Waals surface area (Å²) in [6, 6.07) is 0. The van der Waals surface area contributed by atoms with E-state index >= 15 is 0 Å². The average Bonchev–Trinajstić information content (AvgIpc) is 2.57. The molecule has 1 aliphatic rings. The Hall–Kier alpha value is -0.980. The number of nitrogens with one attached hydrogen (secondary N) is 1. The van der Waals surface area contributed by atoms with Crippen molar-refractivity contribution < 1.29 is 0 Å². The zero-order valence-corrected chi connectivity index (χ0v) is 10.6. The second-order valence-corrected chi connectivity index (χ2v) is 3.30. The summed E-state index contributed by atoms with van der Waals surface area (Å²) in [5.74, 6) is 0. The van der Waals surface area contributed by atoms with E-state index in [9.17, 15) is 0 Å².